The Kier molecular flexibility index (Phi) is 11.8. The molecule has 1 unspecified atom stereocenters. The molecular formula is C44H58N4O3. The molecule has 7 heteroatoms. The van der Waals surface area contributed by atoms with Crippen LogP contribution in [0.4, 0.5) is 5.69 Å². The first-order chi connectivity index (χ1) is 24.3. The minimum absolute atomic E-state index is 0.0201. The van der Waals surface area contributed by atoms with Crippen molar-refractivity contribution in [2.24, 2.45) is 10.9 Å². The van der Waals surface area contributed by atoms with E-state index in [0.717, 1.165) is 74.5 Å². The van der Waals surface area contributed by atoms with Gasteiger partial charge in [-0.05, 0) is 72.2 Å². The van der Waals surface area contributed by atoms with Crippen LogP contribution in [0.15, 0.2) is 77.0 Å². The Bertz CT molecular complexity index is 1880. The fourth-order valence-electron chi connectivity index (χ4n) is 7.99. The maximum atomic E-state index is 12.7. The molecule has 2 heterocycles. The Balaban J connectivity index is 1.54. The highest BCUT2D eigenvalue weighted by Crippen LogP contribution is 2.48. The van der Waals surface area contributed by atoms with E-state index in [0.29, 0.717) is 0 Å². The molecule has 0 radical (unpaired) electrons. The number of hydrogen-bond donors (Lipinski definition) is 2. The van der Waals surface area contributed by atoms with Gasteiger partial charge in [0.15, 0.2) is 0 Å². The van der Waals surface area contributed by atoms with E-state index in [1.807, 2.05) is 0 Å². The van der Waals surface area contributed by atoms with E-state index in [1.54, 1.807) is 0 Å². The van der Waals surface area contributed by atoms with Gasteiger partial charge in [0, 0.05) is 40.9 Å². The molecule has 272 valence electrons. The van der Waals surface area contributed by atoms with Crippen LogP contribution in [0.1, 0.15) is 103 Å². The Morgan fingerprint density at radius 2 is 1.84 bits per heavy atom. The van der Waals surface area contributed by atoms with Crippen molar-refractivity contribution < 1.29 is 14.7 Å². The highest BCUT2D eigenvalue weighted by atomic mass is 16.4. The summed E-state index contributed by atoms with van der Waals surface area (Å²) in [6.07, 6.45) is 16.4. The van der Waals surface area contributed by atoms with E-state index < -0.39 is 12.5 Å². The molecule has 1 fully saturated rings. The molecule has 2 aliphatic heterocycles. The molecule has 2 aromatic carbocycles. The predicted octanol–water partition coefficient (Wildman–Crippen LogP) is 6.93. The van der Waals surface area contributed by atoms with Crippen molar-refractivity contribution in [3.8, 4) is 0 Å². The number of rotatable bonds is 13. The summed E-state index contributed by atoms with van der Waals surface area (Å²) in [6.45, 7) is 21.4. The number of carbonyl (C=O) groups excluding carboxylic acids is 1. The lowest BCUT2D eigenvalue weighted by atomic mass is 9.77. The highest BCUT2D eigenvalue weighted by Gasteiger charge is 2.41. The zero-order valence-corrected chi connectivity index (χ0v) is 31.9. The molecular weight excluding hydrogens is 633 g/mol. The van der Waals surface area contributed by atoms with Crippen LogP contribution in [0, 0.1) is 18.9 Å². The number of allylic oxidation sites excluding steroid dienone is 5. The van der Waals surface area contributed by atoms with Gasteiger partial charge in [0.1, 0.15) is 25.0 Å². The summed E-state index contributed by atoms with van der Waals surface area (Å²) in [5.41, 5.74) is 8.17. The van der Waals surface area contributed by atoms with Crippen LogP contribution in [0.5, 0.6) is 0 Å². The van der Waals surface area contributed by atoms with Crippen LogP contribution in [0.2, 0.25) is 0 Å². The maximum absolute atomic E-state index is 12.7. The van der Waals surface area contributed by atoms with E-state index in [1.165, 1.54) is 39.5 Å². The summed E-state index contributed by atoms with van der Waals surface area (Å²) < 4.78 is 2.47. The zero-order valence-electron chi connectivity index (χ0n) is 31.9. The van der Waals surface area contributed by atoms with Crippen molar-refractivity contribution in [1.82, 2.24) is 9.89 Å². The minimum Gasteiger partial charge on any atom is -0.480 e. The molecule has 5 rings (SSSR count). The lowest BCUT2D eigenvalue weighted by Crippen LogP contribution is -2.33. The van der Waals surface area contributed by atoms with Crippen LogP contribution in [0.3, 0.4) is 0 Å². The molecule has 2 N–H and O–H groups in total. The van der Waals surface area contributed by atoms with Gasteiger partial charge in [-0.15, -0.1) is 6.08 Å². The van der Waals surface area contributed by atoms with Crippen molar-refractivity contribution in [2.45, 2.75) is 104 Å². The standard InChI is InChI=1S/C44H58N4O3/c1-9-11-24-47-36-20-16-30(3)26-34(36)43(5,6)38(47)22-18-32-14-13-15-33(42(32)46-28-40(49)45-29-41(50)51)19-23-39-44(7,8)35-27-31(4)17-21-37(35)48(39)25-12-10-2/h16-23,26-27,32H,3,9-15,24-25,28-29H2,1-2,4-8H3,(H,45,49)(H,50,51)/b22-18+,33-19+,39-23-,46-42?. The normalized spacial score (nSPS) is 21.6. The van der Waals surface area contributed by atoms with Crippen LogP contribution in [0.25, 0.3) is 6.58 Å². The van der Waals surface area contributed by atoms with E-state index in [-0.39, 0.29) is 29.2 Å². The number of amides is 1. The monoisotopic (exact) mass is 690 g/mol. The highest BCUT2D eigenvalue weighted by molar-refractivity contribution is 6.04. The van der Waals surface area contributed by atoms with Gasteiger partial charge >= 0.3 is 5.97 Å². The first-order valence-corrected chi connectivity index (χ1v) is 18.9. The lowest BCUT2D eigenvalue weighted by molar-refractivity contribution is -0.137. The Labute approximate surface area is 305 Å². The van der Waals surface area contributed by atoms with Gasteiger partial charge in [0.25, 0.3) is 0 Å². The molecule has 1 saturated carbocycles. The van der Waals surface area contributed by atoms with E-state index >= 15 is 0 Å². The molecule has 1 aliphatic carbocycles. The smallest absolute Gasteiger partial charge is 0.322 e. The molecule has 51 heavy (non-hydrogen) atoms. The fraction of sp³-hybridized carbons (Fsp3) is 0.477. The van der Waals surface area contributed by atoms with Crippen molar-refractivity contribution in [3.05, 3.63) is 105 Å². The molecule has 0 aromatic heterocycles. The second-order valence-corrected chi connectivity index (χ2v) is 15.5. The largest absolute Gasteiger partial charge is 0.480 e. The molecule has 1 atom stereocenters. The van der Waals surface area contributed by atoms with Gasteiger partial charge in [0.05, 0.1) is 6.04 Å². The summed E-state index contributed by atoms with van der Waals surface area (Å²) >= 11 is 0. The number of fused-ring (bicyclic) bond motifs is 2. The molecule has 7 nitrogen and oxygen atoms in total. The quantitative estimate of drug-likeness (QED) is 0.177. The molecule has 0 saturated heterocycles. The number of carboxylic acid groups (broad SMARTS) is 1. The van der Waals surface area contributed by atoms with Crippen molar-refractivity contribution in [2.75, 3.05) is 31.1 Å². The summed E-state index contributed by atoms with van der Waals surface area (Å²) in [4.78, 5) is 31.3. The van der Waals surface area contributed by atoms with Gasteiger partial charge in [0.2, 0.25) is 5.91 Å². The zero-order chi connectivity index (χ0) is 36.9. The molecule has 3 aliphatic rings. The SMILES string of the molecule is C=c1ccc2c(c1)C(C)(C)[C-](/C=C/C1CCC/C(=C\C=C3/N(CCCC)c4ccc(C)cc4C3(C)C)C1=NCC(=O)NCC(=O)O)[N+]=2CCCC. The number of aliphatic carboxylic acids is 1. The summed E-state index contributed by atoms with van der Waals surface area (Å²) in [5.74, 6) is -1.44. The number of unbranched alkanes of at least 4 members (excludes halogenated alkanes) is 2. The number of nitrogens with one attached hydrogen (secondary N) is 1. The van der Waals surface area contributed by atoms with E-state index in [9.17, 15) is 9.59 Å². The number of aliphatic imine (C=N–C) groups is 1. The topological polar surface area (TPSA) is 85.0 Å². The Morgan fingerprint density at radius 1 is 1.08 bits per heavy atom. The third-order valence-electron chi connectivity index (χ3n) is 10.9. The lowest BCUT2D eigenvalue weighted by Gasteiger charge is -2.31. The number of aryl methyl sites for hydroxylation is 1. The third-order valence-corrected chi connectivity index (χ3v) is 10.9. The van der Waals surface area contributed by atoms with Crippen LogP contribution < -0.4 is 25.4 Å². The first kappa shape index (κ1) is 37.9. The molecule has 2 aromatic rings. The summed E-state index contributed by atoms with van der Waals surface area (Å²) in [5, 5.41) is 13.9. The van der Waals surface area contributed by atoms with Gasteiger partial charge in [-0.25, -0.2) is 0 Å². The van der Waals surface area contributed by atoms with Crippen LogP contribution in [-0.4, -0.2) is 48.9 Å². The average molecular weight is 691 g/mol. The van der Waals surface area contributed by atoms with Gasteiger partial charge in [-0.1, -0.05) is 103 Å². The summed E-state index contributed by atoms with van der Waals surface area (Å²) in [6, 6.07) is 14.6. The van der Waals surface area contributed by atoms with Crippen LogP contribution in [-0.2, 0) is 20.4 Å². The Morgan fingerprint density at radius 3 is 2.57 bits per heavy atom. The summed E-state index contributed by atoms with van der Waals surface area (Å²) in [7, 11) is 0. The van der Waals surface area contributed by atoms with Crippen molar-refractivity contribution in [3.63, 3.8) is 0 Å². The minimum atomic E-state index is -1.07. The second-order valence-electron chi connectivity index (χ2n) is 15.5. The Hall–Kier alpha value is -4.39. The van der Waals surface area contributed by atoms with E-state index in [4.69, 9.17) is 10.1 Å². The molecule has 0 spiro atoms. The maximum Gasteiger partial charge on any atom is 0.322 e. The number of carboxylic acids is 1. The van der Waals surface area contributed by atoms with Gasteiger partial charge in [-0.2, -0.15) is 6.08 Å². The van der Waals surface area contributed by atoms with E-state index in [2.05, 4.69) is 131 Å². The average Bonchev–Trinajstić information content (AvgIpc) is 3.43. The van der Waals surface area contributed by atoms with Crippen molar-refractivity contribution in [1.29, 1.82) is 0 Å². The van der Waals surface area contributed by atoms with Crippen molar-refractivity contribution >= 4 is 29.9 Å². The second kappa shape index (κ2) is 15.9. The first-order valence-electron chi connectivity index (χ1n) is 18.9. The number of carbonyl (C=O) groups is 2. The number of hydrogen-bond acceptors (Lipinski definition) is 4. The van der Waals surface area contributed by atoms with Gasteiger partial charge < -0.3 is 19.9 Å². The molecule has 1 amide bonds. The number of benzene rings is 2. The fourth-order valence-corrected chi connectivity index (χ4v) is 7.99. The third kappa shape index (κ3) is 8.08. The predicted molar refractivity (Wildman–Crippen MR) is 211 cm³/mol. The van der Waals surface area contributed by atoms with Crippen LogP contribution >= 0.6 is 0 Å². The number of anilines is 1. The van der Waals surface area contributed by atoms with Gasteiger partial charge in [-0.3, -0.25) is 14.6 Å². The number of nitrogens with zero attached hydrogens (tertiary/aromatic N) is 3. The molecule has 0 bridgehead atoms.